The summed E-state index contributed by atoms with van der Waals surface area (Å²) in [6, 6.07) is 1.27. The summed E-state index contributed by atoms with van der Waals surface area (Å²) in [6.07, 6.45) is 1.20. The first kappa shape index (κ1) is 7.27. The lowest BCUT2D eigenvalue weighted by Crippen LogP contribution is -2.00. The second-order valence-electron chi connectivity index (χ2n) is 1.49. The highest BCUT2D eigenvalue weighted by atomic mass is 31.2. The summed E-state index contributed by atoms with van der Waals surface area (Å²) in [5.74, 6) is -0.103. The Hall–Kier alpha value is -0.840. The molecular weight excluding hydrogens is 159 g/mol. The highest BCUT2D eigenvalue weighted by molar-refractivity contribution is 7.50. The minimum absolute atomic E-state index is 0.103. The molecule has 0 saturated carbocycles. The van der Waals surface area contributed by atoms with E-state index in [-0.39, 0.29) is 5.88 Å². The van der Waals surface area contributed by atoms with Crippen molar-refractivity contribution < 1.29 is 18.5 Å². The van der Waals surface area contributed by atoms with Gasteiger partial charge >= 0.3 is 7.75 Å². The van der Waals surface area contributed by atoms with Crippen LogP contribution in [-0.2, 0) is 4.57 Å². The van der Waals surface area contributed by atoms with Crippen molar-refractivity contribution >= 4 is 7.75 Å². The van der Waals surface area contributed by atoms with Gasteiger partial charge in [0.25, 0.3) is 5.88 Å². The number of aromatic nitrogens is 1. The summed E-state index contributed by atoms with van der Waals surface area (Å²) in [7, 11) is -3.98. The molecule has 10 heavy (non-hydrogen) atoms. The van der Waals surface area contributed by atoms with E-state index in [1.807, 2.05) is 0 Å². The Kier molecular flexibility index (Phi) is 1.76. The molecule has 0 spiro atoms. The van der Waals surface area contributed by atoms with Gasteiger partial charge in [-0.05, 0) is 5.16 Å². The van der Waals surface area contributed by atoms with Gasteiger partial charge in [0.05, 0.1) is 0 Å². The topological polar surface area (TPSA) is 98.6 Å². The van der Waals surface area contributed by atoms with Gasteiger partial charge in [0.15, 0.2) is 0 Å². The highest BCUT2D eigenvalue weighted by Crippen LogP contribution is 2.32. The van der Waals surface area contributed by atoms with Crippen molar-refractivity contribution in [2.24, 2.45) is 5.50 Å². The molecule has 1 aromatic heterocycles. The fourth-order valence-electron chi connectivity index (χ4n) is 0.383. The summed E-state index contributed by atoms with van der Waals surface area (Å²) < 4.78 is 18.8. The lowest BCUT2D eigenvalue weighted by atomic mass is 10.7. The van der Waals surface area contributed by atoms with Crippen LogP contribution in [0.1, 0.15) is 0 Å². The van der Waals surface area contributed by atoms with Gasteiger partial charge in [0.1, 0.15) is 6.26 Å². The maximum absolute atomic E-state index is 10.3. The molecule has 3 N–H and O–H groups in total. The molecule has 1 unspecified atom stereocenters. The molecular formula is C3H5N2O4P. The zero-order valence-electron chi connectivity index (χ0n) is 4.80. The molecule has 0 aliphatic heterocycles. The third-order valence-corrected chi connectivity index (χ3v) is 1.09. The molecule has 0 aliphatic carbocycles. The fraction of sp³-hybridized carbons (Fsp3) is 0. The lowest BCUT2D eigenvalue weighted by Gasteiger charge is -2.01. The van der Waals surface area contributed by atoms with Gasteiger partial charge in [0, 0.05) is 6.07 Å². The molecule has 1 aromatic rings. The van der Waals surface area contributed by atoms with E-state index < -0.39 is 7.75 Å². The van der Waals surface area contributed by atoms with E-state index in [4.69, 9.17) is 4.89 Å². The van der Waals surface area contributed by atoms with E-state index in [2.05, 4.69) is 19.7 Å². The fourth-order valence-corrected chi connectivity index (χ4v) is 0.745. The largest absolute Gasteiger partial charge is 0.454 e. The molecule has 56 valence electrons. The molecule has 0 radical (unpaired) electrons. The molecule has 0 aromatic carbocycles. The Morgan fingerprint density at radius 3 is 3.00 bits per heavy atom. The molecule has 7 heteroatoms. The summed E-state index contributed by atoms with van der Waals surface area (Å²) in [5.41, 5.74) is 4.63. The van der Waals surface area contributed by atoms with Gasteiger partial charge in [-0.15, -0.1) is 0 Å². The van der Waals surface area contributed by atoms with Crippen LogP contribution in [0.3, 0.4) is 0 Å². The van der Waals surface area contributed by atoms with Crippen molar-refractivity contribution in [2.45, 2.75) is 0 Å². The van der Waals surface area contributed by atoms with Gasteiger partial charge in [0.2, 0.25) is 0 Å². The van der Waals surface area contributed by atoms with Gasteiger partial charge < -0.3 is 13.9 Å². The van der Waals surface area contributed by atoms with E-state index in [0.717, 1.165) is 0 Å². The molecule has 0 saturated heterocycles. The minimum atomic E-state index is -3.98. The summed E-state index contributed by atoms with van der Waals surface area (Å²) in [6.45, 7) is 0. The normalized spacial score (nSPS) is 16.2. The van der Waals surface area contributed by atoms with Crippen LogP contribution in [0.2, 0.25) is 0 Å². The number of nitrogens with two attached hydrogens (primary N) is 1. The van der Waals surface area contributed by atoms with Crippen LogP contribution in [0.15, 0.2) is 16.9 Å². The van der Waals surface area contributed by atoms with Gasteiger partial charge in [-0.1, -0.05) is 0 Å². The molecule has 0 fully saturated rings. The van der Waals surface area contributed by atoms with Crippen molar-refractivity contribution in [1.82, 2.24) is 5.16 Å². The van der Waals surface area contributed by atoms with Crippen LogP contribution >= 0.6 is 7.75 Å². The number of rotatable bonds is 2. The van der Waals surface area contributed by atoms with Crippen molar-refractivity contribution in [3.8, 4) is 5.88 Å². The third-order valence-electron chi connectivity index (χ3n) is 0.638. The first-order chi connectivity index (χ1) is 4.58. The Morgan fingerprint density at radius 2 is 2.60 bits per heavy atom. The first-order valence-electron chi connectivity index (χ1n) is 2.29. The summed E-state index contributed by atoms with van der Waals surface area (Å²) >= 11 is 0. The van der Waals surface area contributed by atoms with Crippen LogP contribution in [0.5, 0.6) is 5.88 Å². The van der Waals surface area contributed by atoms with Crippen molar-refractivity contribution in [1.29, 1.82) is 0 Å². The smallest absolute Gasteiger partial charge is 0.392 e. The monoisotopic (exact) mass is 164 g/mol. The SMILES string of the molecule is NP(=O)(O)Oc1ccon1. The zero-order chi connectivity index (χ0) is 7.61. The van der Waals surface area contributed by atoms with Crippen LogP contribution in [-0.4, -0.2) is 10.1 Å². The Morgan fingerprint density at radius 1 is 1.90 bits per heavy atom. The molecule has 1 atom stereocenters. The first-order valence-corrected chi connectivity index (χ1v) is 3.94. The number of hydrogen-bond donors (Lipinski definition) is 2. The quantitative estimate of drug-likeness (QED) is 0.602. The van der Waals surface area contributed by atoms with E-state index in [1.165, 1.54) is 12.3 Å². The maximum Gasteiger partial charge on any atom is 0.454 e. The van der Waals surface area contributed by atoms with E-state index in [9.17, 15) is 4.57 Å². The number of nitrogens with zero attached hydrogens (tertiary/aromatic N) is 1. The van der Waals surface area contributed by atoms with Crippen LogP contribution in [0.4, 0.5) is 0 Å². The molecule has 0 aliphatic rings. The average molecular weight is 164 g/mol. The molecule has 1 heterocycles. The van der Waals surface area contributed by atoms with E-state index >= 15 is 0 Å². The lowest BCUT2D eigenvalue weighted by molar-refractivity contribution is 0.346. The predicted octanol–water partition coefficient (Wildman–Crippen LogP) is 0.112. The van der Waals surface area contributed by atoms with Gasteiger partial charge in [-0.2, -0.15) is 0 Å². The Balaban J connectivity index is 2.66. The second-order valence-corrected chi connectivity index (χ2v) is 2.80. The van der Waals surface area contributed by atoms with E-state index in [1.54, 1.807) is 0 Å². The molecule has 6 nitrogen and oxygen atoms in total. The van der Waals surface area contributed by atoms with Gasteiger partial charge in [-0.25, -0.2) is 10.1 Å². The van der Waals surface area contributed by atoms with Crippen LogP contribution in [0.25, 0.3) is 0 Å². The van der Waals surface area contributed by atoms with Crippen LogP contribution in [0, 0.1) is 0 Å². The standard InChI is InChI=1S/C3H5N2O4P/c4-10(6,7)9-3-1-2-8-5-3/h1-2H,(H3,4,6,7). The van der Waals surface area contributed by atoms with Gasteiger partial charge in [-0.3, -0.25) is 0 Å². The Labute approximate surface area is 56.2 Å². The third kappa shape index (κ3) is 2.18. The minimum Gasteiger partial charge on any atom is -0.392 e. The van der Waals surface area contributed by atoms with Crippen molar-refractivity contribution in [2.75, 3.05) is 0 Å². The highest BCUT2D eigenvalue weighted by Gasteiger charge is 2.14. The van der Waals surface area contributed by atoms with E-state index in [0.29, 0.717) is 0 Å². The molecule has 0 amide bonds. The molecule has 0 bridgehead atoms. The molecule has 1 rings (SSSR count). The van der Waals surface area contributed by atoms with Crippen molar-refractivity contribution in [3.63, 3.8) is 0 Å². The summed E-state index contributed by atoms with van der Waals surface area (Å²) in [4.78, 5) is 8.42. The summed E-state index contributed by atoms with van der Waals surface area (Å²) in [5, 5.41) is 3.19. The van der Waals surface area contributed by atoms with Crippen LogP contribution < -0.4 is 10.0 Å². The average Bonchev–Trinajstić information content (AvgIpc) is 2.12. The Bertz CT molecular complexity index is 239. The van der Waals surface area contributed by atoms with Crippen molar-refractivity contribution in [3.05, 3.63) is 12.3 Å². The number of hydrogen-bond acceptors (Lipinski definition) is 4. The maximum atomic E-state index is 10.3. The predicted molar refractivity (Wildman–Crippen MR) is 31.1 cm³/mol. The second kappa shape index (κ2) is 2.42. The zero-order valence-corrected chi connectivity index (χ0v) is 5.69.